The molecule has 0 bridgehead atoms. The van der Waals surface area contributed by atoms with Crippen molar-refractivity contribution in [2.75, 3.05) is 31.5 Å². The SMILES string of the molecule is Cc1ccc(NC(=O)N2CCN(Cc3ccccn3)CC2)cc1Cl. The van der Waals surface area contributed by atoms with Crippen LogP contribution >= 0.6 is 11.6 Å². The summed E-state index contributed by atoms with van der Waals surface area (Å²) >= 11 is 6.10. The zero-order valence-corrected chi connectivity index (χ0v) is 14.5. The fraction of sp³-hybridized carbons (Fsp3) is 0.333. The van der Waals surface area contributed by atoms with Crippen LogP contribution in [0.15, 0.2) is 42.6 Å². The molecule has 0 unspecified atom stereocenters. The number of nitrogens with one attached hydrogen (secondary N) is 1. The number of aromatic nitrogens is 1. The third kappa shape index (κ3) is 4.24. The van der Waals surface area contributed by atoms with Gasteiger partial charge >= 0.3 is 6.03 Å². The molecule has 6 heteroatoms. The molecule has 0 saturated carbocycles. The van der Waals surface area contributed by atoms with Crippen molar-refractivity contribution in [2.45, 2.75) is 13.5 Å². The average Bonchev–Trinajstić information content (AvgIpc) is 2.60. The summed E-state index contributed by atoms with van der Waals surface area (Å²) < 4.78 is 0. The van der Waals surface area contributed by atoms with Crippen LogP contribution in [0.1, 0.15) is 11.3 Å². The number of piperazine rings is 1. The van der Waals surface area contributed by atoms with Gasteiger partial charge in [0.2, 0.25) is 0 Å². The van der Waals surface area contributed by atoms with Crippen molar-refractivity contribution in [1.82, 2.24) is 14.8 Å². The molecule has 126 valence electrons. The first-order chi connectivity index (χ1) is 11.6. The molecule has 0 radical (unpaired) electrons. The molecule has 2 amide bonds. The smallest absolute Gasteiger partial charge is 0.321 e. The Hall–Kier alpha value is -2.11. The molecule has 1 aromatic carbocycles. The van der Waals surface area contributed by atoms with Crippen LogP contribution in [0.4, 0.5) is 10.5 Å². The van der Waals surface area contributed by atoms with Gasteiger partial charge in [0.05, 0.1) is 5.69 Å². The largest absolute Gasteiger partial charge is 0.322 e. The van der Waals surface area contributed by atoms with Gasteiger partial charge in [0, 0.05) is 49.6 Å². The van der Waals surface area contributed by atoms with E-state index in [1.54, 1.807) is 6.07 Å². The number of halogens is 1. The first kappa shape index (κ1) is 16.7. The number of urea groups is 1. The lowest BCUT2D eigenvalue weighted by atomic mass is 10.2. The molecule has 1 aliphatic rings. The summed E-state index contributed by atoms with van der Waals surface area (Å²) in [6.45, 7) is 5.87. The third-order valence-corrected chi connectivity index (χ3v) is 4.60. The Morgan fingerprint density at radius 1 is 1.21 bits per heavy atom. The molecule has 0 aliphatic carbocycles. The van der Waals surface area contributed by atoms with Gasteiger partial charge in [0.1, 0.15) is 0 Å². The molecule has 2 heterocycles. The second-order valence-electron chi connectivity index (χ2n) is 5.98. The topological polar surface area (TPSA) is 48.5 Å². The van der Waals surface area contributed by atoms with Crippen molar-refractivity contribution < 1.29 is 4.79 Å². The van der Waals surface area contributed by atoms with Crippen molar-refractivity contribution in [1.29, 1.82) is 0 Å². The van der Waals surface area contributed by atoms with E-state index in [1.807, 2.05) is 48.4 Å². The summed E-state index contributed by atoms with van der Waals surface area (Å²) in [4.78, 5) is 20.9. The molecule has 1 fully saturated rings. The molecule has 1 aromatic heterocycles. The van der Waals surface area contributed by atoms with Crippen molar-refractivity contribution in [3.05, 3.63) is 58.9 Å². The summed E-state index contributed by atoms with van der Waals surface area (Å²) in [5, 5.41) is 3.58. The van der Waals surface area contributed by atoms with E-state index in [0.29, 0.717) is 18.1 Å². The standard InChI is InChI=1S/C18H21ClN4O/c1-14-5-6-15(12-17(14)19)21-18(24)23-10-8-22(9-11-23)13-16-4-2-3-7-20-16/h2-7,12H,8-11,13H2,1H3,(H,21,24). The minimum Gasteiger partial charge on any atom is -0.322 e. The first-order valence-electron chi connectivity index (χ1n) is 8.06. The maximum absolute atomic E-state index is 12.4. The quantitative estimate of drug-likeness (QED) is 0.928. The Kier molecular flexibility index (Phi) is 5.33. The number of hydrogen-bond donors (Lipinski definition) is 1. The predicted octanol–water partition coefficient (Wildman–Crippen LogP) is 3.39. The number of rotatable bonds is 3. The summed E-state index contributed by atoms with van der Waals surface area (Å²) in [7, 11) is 0. The van der Waals surface area contributed by atoms with Crippen molar-refractivity contribution in [3.8, 4) is 0 Å². The Morgan fingerprint density at radius 2 is 2.00 bits per heavy atom. The molecule has 0 spiro atoms. The lowest BCUT2D eigenvalue weighted by Crippen LogP contribution is -2.49. The van der Waals surface area contributed by atoms with Crippen LogP contribution in [-0.2, 0) is 6.54 Å². The third-order valence-electron chi connectivity index (χ3n) is 4.19. The minimum atomic E-state index is -0.0765. The molecule has 0 atom stereocenters. The number of benzene rings is 1. The summed E-state index contributed by atoms with van der Waals surface area (Å²) in [5.74, 6) is 0. The van der Waals surface area contributed by atoms with Gasteiger partial charge in [-0.1, -0.05) is 23.7 Å². The maximum atomic E-state index is 12.4. The number of pyridine rings is 1. The molecule has 1 N–H and O–H groups in total. The number of amides is 2. The zero-order chi connectivity index (χ0) is 16.9. The van der Waals surface area contributed by atoms with Crippen LogP contribution in [0, 0.1) is 6.92 Å². The van der Waals surface area contributed by atoms with Crippen molar-refractivity contribution in [3.63, 3.8) is 0 Å². The Bertz CT molecular complexity index is 699. The molecule has 5 nitrogen and oxygen atoms in total. The van der Waals surface area contributed by atoms with Crippen LogP contribution < -0.4 is 5.32 Å². The number of carbonyl (C=O) groups is 1. The second kappa shape index (κ2) is 7.64. The highest BCUT2D eigenvalue weighted by Gasteiger charge is 2.21. The number of aryl methyl sites for hydroxylation is 1. The number of anilines is 1. The van der Waals surface area contributed by atoms with Gasteiger partial charge in [-0.3, -0.25) is 9.88 Å². The van der Waals surface area contributed by atoms with E-state index in [-0.39, 0.29) is 6.03 Å². The van der Waals surface area contributed by atoms with Crippen LogP contribution in [-0.4, -0.2) is 47.0 Å². The second-order valence-corrected chi connectivity index (χ2v) is 6.39. The number of hydrogen-bond acceptors (Lipinski definition) is 3. The highest BCUT2D eigenvalue weighted by Crippen LogP contribution is 2.20. The van der Waals surface area contributed by atoms with E-state index in [1.165, 1.54) is 0 Å². The van der Waals surface area contributed by atoms with Gasteiger partial charge in [-0.15, -0.1) is 0 Å². The highest BCUT2D eigenvalue weighted by atomic mass is 35.5. The van der Waals surface area contributed by atoms with Gasteiger partial charge in [-0.2, -0.15) is 0 Å². The van der Waals surface area contributed by atoms with Crippen LogP contribution in [0.25, 0.3) is 0 Å². The molecule has 2 aromatic rings. The Morgan fingerprint density at radius 3 is 2.67 bits per heavy atom. The number of nitrogens with zero attached hydrogens (tertiary/aromatic N) is 3. The minimum absolute atomic E-state index is 0.0765. The van der Waals surface area contributed by atoms with Crippen LogP contribution in [0.5, 0.6) is 0 Å². The Labute approximate surface area is 147 Å². The summed E-state index contributed by atoms with van der Waals surface area (Å²) in [5.41, 5.74) is 2.79. The fourth-order valence-electron chi connectivity index (χ4n) is 2.70. The maximum Gasteiger partial charge on any atom is 0.321 e. The van der Waals surface area contributed by atoms with E-state index in [4.69, 9.17) is 11.6 Å². The van der Waals surface area contributed by atoms with Crippen LogP contribution in [0.2, 0.25) is 5.02 Å². The molecule has 1 saturated heterocycles. The fourth-order valence-corrected chi connectivity index (χ4v) is 2.88. The van der Waals surface area contributed by atoms with E-state index < -0.39 is 0 Å². The molecule has 1 aliphatic heterocycles. The lowest BCUT2D eigenvalue weighted by Gasteiger charge is -2.34. The van der Waals surface area contributed by atoms with Gasteiger partial charge in [0.25, 0.3) is 0 Å². The Balaban J connectivity index is 1.50. The number of carbonyl (C=O) groups excluding carboxylic acids is 1. The predicted molar refractivity (Wildman–Crippen MR) is 96.3 cm³/mol. The molecular weight excluding hydrogens is 324 g/mol. The normalized spacial score (nSPS) is 15.3. The van der Waals surface area contributed by atoms with Crippen molar-refractivity contribution >= 4 is 23.3 Å². The molecule has 24 heavy (non-hydrogen) atoms. The van der Waals surface area contributed by atoms with E-state index >= 15 is 0 Å². The summed E-state index contributed by atoms with van der Waals surface area (Å²) in [6, 6.07) is 11.4. The van der Waals surface area contributed by atoms with Gasteiger partial charge in [-0.05, 0) is 36.8 Å². The average molecular weight is 345 g/mol. The van der Waals surface area contributed by atoms with Crippen LogP contribution in [0.3, 0.4) is 0 Å². The van der Waals surface area contributed by atoms with Gasteiger partial charge < -0.3 is 10.2 Å². The first-order valence-corrected chi connectivity index (χ1v) is 8.44. The van der Waals surface area contributed by atoms with Gasteiger partial charge in [-0.25, -0.2) is 4.79 Å². The lowest BCUT2D eigenvalue weighted by molar-refractivity contribution is 0.142. The molecular formula is C18H21ClN4O. The zero-order valence-electron chi connectivity index (χ0n) is 13.7. The monoisotopic (exact) mass is 344 g/mol. The van der Waals surface area contributed by atoms with Gasteiger partial charge in [0.15, 0.2) is 0 Å². The molecule has 3 rings (SSSR count). The summed E-state index contributed by atoms with van der Waals surface area (Å²) in [6.07, 6.45) is 1.81. The van der Waals surface area contributed by atoms with E-state index in [0.717, 1.165) is 36.6 Å². The van der Waals surface area contributed by atoms with Crippen molar-refractivity contribution in [2.24, 2.45) is 0 Å². The van der Waals surface area contributed by atoms with E-state index in [2.05, 4.69) is 15.2 Å². The highest BCUT2D eigenvalue weighted by molar-refractivity contribution is 6.31. The van der Waals surface area contributed by atoms with E-state index in [9.17, 15) is 4.79 Å².